The van der Waals surface area contributed by atoms with Crippen LogP contribution >= 0.6 is 0 Å². The van der Waals surface area contributed by atoms with Gasteiger partial charge >= 0.3 is 0 Å². The van der Waals surface area contributed by atoms with Crippen molar-refractivity contribution in [2.24, 2.45) is 0 Å². The number of nitrogens with zero attached hydrogens (tertiary/aromatic N) is 1. The van der Waals surface area contributed by atoms with Crippen LogP contribution in [0.2, 0.25) is 0 Å². The molecular formula is C9H12BrN. The molecule has 0 N–H and O–H groups in total. The van der Waals surface area contributed by atoms with Gasteiger partial charge in [0.2, 0.25) is 5.69 Å². The first-order valence-electron chi connectivity index (χ1n) is 3.49. The van der Waals surface area contributed by atoms with Crippen molar-refractivity contribution in [2.75, 3.05) is 0 Å². The topological polar surface area (TPSA) is 3.88 Å². The fraction of sp³-hybridized carbons (Fsp3) is 0.222. The summed E-state index contributed by atoms with van der Waals surface area (Å²) >= 11 is 0. The molecule has 0 unspecified atom stereocenters. The van der Waals surface area contributed by atoms with Gasteiger partial charge in [-0.15, -0.1) is 0 Å². The number of pyridine rings is 1. The first kappa shape index (κ1) is 10.4. The van der Waals surface area contributed by atoms with E-state index in [1.54, 1.807) is 0 Å². The van der Waals surface area contributed by atoms with Crippen molar-refractivity contribution in [3.05, 3.63) is 36.7 Å². The molecule has 1 nitrogen and oxygen atoms in total. The van der Waals surface area contributed by atoms with Crippen LogP contribution in [-0.2, 0) is 6.54 Å². The van der Waals surface area contributed by atoms with Gasteiger partial charge in [0, 0.05) is 18.2 Å². The van der Waals surface area contributed by atoms with Crippen LogP contribution < -0.4 is 21.5 Å². The molecule has 1 aromatic heterocycles. The molecule has 0 amide bonds. The summed E-state index contributed by atoms with van der Waals surface area (Å²) in [5.74, 6) is 0. The lowest BCUT2D eigenvalue weighted by Crippen LogP contribution is -3.00. The van der Waals surface area contributed by atoms with Gasteiger partial charge in [0.25, 0.3) is 0 Å². The highest BCUT2D eigenvalue weighted by molar-refractivity contribution is 5.36. The molecule has 0 aliphatic heterocycles. The maximum Gasteiger partial charge on any atom is 0.204 e. The lowest BCUT2D eigenvalue weighted by Gasteiger charge is -1.93. The van der Waals surface area contributed by atoms with Crippen molar-refractivity contribution < 1.29 is 21.5 Å². The van der Waals surface area contributed by atoms with Gasteiger partial charge in [-0.25, -0.2) is 0 Å². The Morgan fingerprint density at radius 3 is 2.73 bits per heavy atom. The monoisotopic (exact) mass is 213 g/mol. The predicted molar refractivity (Wildman–Crippen MR) is 42.4 cm³/mol. The zero-order valence-electron chi connectivity index (χ0n) is 6.63. The van der Waals surface area contributed by atoms with Crippen molar-refractivity contribution in [1.29, 1.82) is 0 Å². The predicted octanol–water partition coefficient (Wildman–Crippen LogP) is -1.36. The van der Waals surface area contributed by atoms with Gasteiger partial charge in [0.1, 0.15) is 6.54 Å². The summed E-state index contributed by atoms with van der Waals surface area (Å²) in [6, 6.07) is 6.09. The minimum atomic E-state index is 0. The molecule has 0 spiro atoms. The number of aromatic nitrogens is 1. The minimum Gasteiger partial charge on any atom is -1.00 e. The van der Waals surface area contributed by atoms with E-state index in [1.807, 2.05) is 18.2 Å². The minimum absolute atomic E-state index is 0. The zero-order valence-corrected chi connectivity index (χ0v) is 8.21. The average molecular weight is 214 g/mol. The van der Waals surface area contributed by atoms with Crippen molar-refractivity contribution in [2.45, 2.75) is 13.5 Å². The van der Waals surface area contributed by atoms with E-state index >= 15 is 0 Å². The van der Waals surface area contributed by atoms with Gasteiger partial charge in [0.05, 0.1) is 0 Å². The normalized spacial score (nSPS) is 8.45. The van der Waals surface area contributed by atoms with Crippen LogP contribution in [0.4, 0.5) is 0 Å². The van der Waals surface area contributed by atoms with Crippen molar-refractivity contribution in [3.63, 3.8) is 0 Å². The van der Waals surface area contributed by atoms with Crippen LogP contribution in [-0.4, -0.2) is 0 Å². The SMILES string of the molecule is C=Cc1cccc[n+]1CC.[Br-]. The van der Waals surface area contributed by atoms with E-state index in [0.717, 1.165) is 6.54 Å². The summed E-state index contributed by atoms with van der Waals surface area (Å²) in [7, 11) is 0. The van der Waals surface area contributed by atoms with Crippen molar-refractivity contribution in [3.8, 4) is 0 Å². The molecule has 1 heterocycles. The molecule has 0 aliphatic carbocycles. The number of hydrogen-bond acceptors (Lipinski definition) is 0. The molecule has 0 aromatic carbocycles. The quantitative estimate of drug-likeness (QED) is 0.535. The highest BCUT2D eigenvalue weighted by Gasteiger charge is 1.99. The molecule has 0 radical (unpaired) electrons. The van der Waals surface area contributed by atoms with Crippen molar-refractivity contribution in [1.82, 2.24) is 0 Å². The lowest BCUT2D eigenvalue weighted by molar-refractivity contribution is -0.695. The summed E-state index contributed by atoms with van der Waals surface area (Å²) in [5, 5.41) is 0. The molecule has 0 saturated carbocycles. The standard InChI is InChI=1S/C9H12N.BrH/c1-3-9-7-5-6-8-10(9)4-2;/h3,5-8H,1,4H2,2H3;1H/q+1;/p-1. The Hall–Kier alpha value is -0.630. The Labute approximate surface area is 78.1 Å². The van der Waals surface area contributed by atoms with E-state index in [2.05, 4.69) is 30.3 Å². The van der Waals surface area contributed by atoms with E-state index in [9.17, 15) is 0 Å². The maximum absolute atomic E-state index is 3.72. The van der Waals surface area contributed by atoms with Gasteiger partial charge in [-0.2, -0.15) is 4.57 Å². The molecule has 0 aliphatic rings. The van der Waals surface area contributed by atoms with Gasteiger partial charge in [-0.05, 0) is 13.0 Å². The molecule has 0 saturated heterocycles. The van der Waals surface area contributed by atoms with Crippen molar-refractivity contribution >= 4 is 6.08 Å². The van der Waals surface area contributed by atoms with Crippen LogP contribution in [0.1, 0.15) is 12.6 Å². The zero-order chi connectivity index (χ0) is 7.40. The summed E-state index contributed by atoms with van der Waals surface area (Å²) in [4.78, 5) is 0. The van der Waals surface area contributed by atoms with Crippen LogP contribution in [0.3, 0.4) is 0 Å². The summed E-state index contributed by atoms with van der Waals surface area (Å²) in [6.07, 6.45) is 3.92. The Morgan fingerprint density at radius 1 is 1.55 bits per heavy atom. The van der Waals surface area contributed by atoms with Gasteiger partial charge in [-0.1, -0.05) is 6.58 Å². The fourth-order valence-electron chi connectivity index (χ4n) is 0.963. The van der Waals surface area contributed by atoms with Crippen LogP contribution in [0.15, 0.2) is 31.0 Å². The largest absolute Gasteiger partial charge is 1.00 e. The van der Waals surface area contributed by atoms with E-state index in [-0.39, 0.29) is 17.0 Å². The lowest BCUT2D eigenvalue weighted by atomic mass is 10.3. The highest BCUT2D eigenvalue weighted by atomic mass is 79.9. The summed E-state index contributed by atoms with van der Waals surface area (Å²) < 4.78 is 2.15. The third-order valence-electron chi connectivity index (χ3n) is 1.53. The Kier molecular flexibility index (Phi) is 4.79. The molecule has 0 bridgehead atoms. The highest BCUT2D eigenvalue weighted by Crippen LogP contribution is 1.91. The van der Waals surface area contributed by atoms with Crippen LogP contribution in [0.25, 0.3) is 6.08 Å². The maximum atomic E-state index is 3.72. The molecule has 1 aromatic rings. The first-order chi connectivity index (χ1) is 4.88. The summed E-state index contributed by atoms with van der Waals surface area (Å²) in [5.41, 5.74) is 1.17. The molecule has 2 heteroatoms. The van der Waals surface area contributed by atoms with E-state index < -0.39 is 0 Å². The molecular weight excluding hydrogens is 202 g/mol. The fourth-order valence-corrected chi connectivity index (χ4v) is 0.963. The van der Waals surface area contributed by atoms with E-state index in [1.165, 1.54) is 5.69 Å². The Balaban J connectivity index is 0.000001000. The third kappa shape index (κ3) is 2.46. The smallest absolute Gasteiger partial charge is 0.204 e. The molecule has 60 valence electrons. The number of aryl methyl sites for hydroxylation is 1. The number of hydrogen-bond donors (Lipinski definition) is 0. The molecule has 11 heavy (non-hydrogen) atoms. The third-order valence-corrected chi connectivity index (χ3v) is 1.53. The molecule has 0 fully saturated rings. The number of halogens is 1. The first-order valence-corrected chi connectivity index (χ1v) is 3.49. The van der Waals surface area contributed by atoms with Crippen LogP contribution in [0, 0.1) is 0 Å². The van der Waals surface area contributed by atoms with Gasteiger partial charge < -0.3 is 17.0 Å². The summed E-state index contributed by atoms with van der Waals surface area (Å²) in [6.45, 7) is 6.84. The average Bonchev–Trinajstić information content (AvgIpc) is 2.04. The van der Waals surface area contributed by atoms with Crippen LogP contribution in [0.5, 0.6) is 0 Å². The van der Waals surface area contributed by atoms with Gasteiger partial charge in [-0.3, -0.25) is 0 Å². The second-order valence-corrected chi connectivity index (χ2v) is 2.12. The Morgan fingerprint density at radius 2 is 2.27 bits per heavy atom. The Bertz CT molecular complexity index is 233. The molecule has 0 atom stereocenters. The van der Waals surface area contributed by atoms with E-state index in [0.29, 0.717) is 0 Å². The molecule has 1 rings (SSSR count). The van der Waals surface area contributed by atoms with Gasteiger partial charge in [0.15, 0.2) is 6.20 Å². The number of rotatable bonds is 2. The second-order valence-electron chi connectivity index (χ2n) is 2.12. The van der Waals surface area contributed by atoms with E-state index in [4.69, 9.17) is 0 Å². The second kappa shape index (κ2) is 5.08.